The summed E-state index contributed by atoms with van der Waals surface area (Å²) < 4.78 is 1.94. The van der Waals surface area contributed by atoms with Crippen molar-refractivity contribution >= 4 is 10.9 Å². The molecule has 2 rings (SSSR count). The van der Waals surface area contributed by atoms with Gasteiger partial charge in [-0.1, -0.05) is 32.0 Å². The zero-order chi connectivity index (χ0) is 14.8. The van der Waals surface area contributed by atoms with E-state index in [4.69, 9.17) is 0 Å². The molecule has 1 atom stereocenters. The second kappa shape index (κ2) is 5.94. The number of aliphatic hydroxyl groups is 2. The first-order valence-corrected chi connectivity index (χ1v) is 7.40. The number of para-hydroxylation sites is 1. The van der Waals surface area contributed by atoms with Crippen molar-refractivity contribution in [2.45, 2.75) is 58.3 Å². The summed E-state index contributed by atoms with van der Waals surface area (Å²) >= 11 is 0. The van der Waals surface area contributed by atoms with E-state index in [0.29, 0.717) is 19.3 Å². The lowest BCUT2D eigenvalue weighted by atomic mass is 9.88. The van der Waals surface area contributed by atoms with Crippen LogP contribution in [0.15, 0.2) is 24.3 Å². The van der Waals surface area contributed by atoms with E-state index < -0.39 is 11.7 Å². The summed E-state index contributed by atoms with van der Waals surface area (Å²) in [6.07, 6.45) is 0.668. The second-order valence-electron chi connectivity index (χ2n) is 5.31. The van der Waals surface area contributed by atoms with Crippen molar-refractivity contribution in [1.29, 1.82) is 0 Å². The SMILES string of the molecule is CCn1nc(CC(O)C(O)(CC)CC)c2ccccc21. The number of benzene rings is 1. The Kier molecular flexibility index (Phi) is 4.45. The summed E-state index contributed by atoms with van der Waals surface area (Å²) in [5.74, 6) is 0. The molecule has 1 unspecified atom stereocenters. The van der Waals surface area contributed by atoms with E-state index in [1.54, 1.807) is 0 Å². The molecule has 110 valence electrons. The minimum absolute atomic E-state index is 0.381. The minimum atomic E-state index is -1.03. The lowest BCUT2D eigenvalue weighted by Gasteiger charge is -2.30. The van der Waals surface area contributed by atoms with Gasteiger partial charge >= 0.3 is 0 Å². The van der Waals surface area contributed by atoms with E-state index in [-0.39, 0.29) is 0 Å². The molecule has 1 heterocycles. The Morgan fingerprint density at radius 1 is 1.20 bits per heavy atom. The van der Waals surface area contributed by atoms with Crippen LogP contribution in [0.3, 0.4) is 0 Å². The number of hydrogen-bond donors (Lipinski definition) is 2. The van der Waals surface area contributed by atoms with E-state index in [1.807, 2.05) is 49.7 Å². The quantitative estimate of drug-likeness (QED) is 0.852. The van der Waals surface area contributed by atoms with Gasteiger partial charge in [-0.2, -0.15) is 5.10 Å². The molecule has 0 aliphatic heterocycles. The van der Waals surface area contributed by atoms with E-state index in [0.717, 1.165) is 23.1 Å². The van der Waals surface area contributed by atoms with Gasteiger partial charge < -0.3 is 10.2 Å². The number of fused-ring (bicyclic) bond motifs is 1. The number of nitrogens with zero attached hydrogens (tertiary/aromatic N) is 2. The predicted molar refractivity (Wildman–Crippen MR) is 80.6 cm³/mol. The van der Waals surface area contributed by atoms with Gasteiger partial charge in [-0.05, 0) is 25.8 Å². The average molecular weight is 276 g/mol. The molecular weight excluding hydrogens is 252 g/mol. The Morgan fingerprint density at radius 3 is 2.45 bits per heavy atom. The molecule has 0 aliphatic carbocycles. The maximum atomic E-state index is 10.4. The molecule has 4 heteroatoms. The predicted octanol–water partition coefficient (Wildman–Crippen LogP) is 2.51. The van der Waals surface area contributed by atoms with Gasteiger partial charge in [-0.15, -0.1) is 0 Å². The van der Waals surface area contributed by atoms with Crippen LogP contribution in [-0.2, 0) is 13.0 Å². The highest BCUT2D eigenvalue weighted by molar-refractivity contribution is 5.82. The first-order valence-electron chi connectivity index (χ1n) is 7.40. The molecule has 20 heavy (non-hydrogen) atoms. The molecule has 0 bridgehead atoms. The van der Waals surface area contributed by atoms with Crippen LogP contribution < -0.4 is 0 Å². The van der Waals surface area contributed by atoms with Crippen LogP contribution >= 0.6 is 0 Å². The summed E-state index contributed by atoms with van der Waals surface area (Å²) in [5, 5.41) is 26.4. The second-order valence-corrected chi connectivity index (χ2v) is 5.31. The van der Waals surface area contributed by atoms with Crippen LogP contribution in [0, 0.1) is 0 Å². The normalized spacial score (nSPS) is 13.8. The van der Waals surface area contributed by atoms with Crippen LogP contribution in [-0.4, -0.2) is 31.7 Å². The van der Waals surface area contributed by atoms with Gasteiger partial charge in [-0.3, -0.25) is 4.68 Å². The van der Waals surface area contributed by atoms with Crippen molar-refractivity contribution < 1.29 is 10.2 Å². The third kappa shape index (κ3) is 2.58. The van der Waals surface area contributed by atoms with Crippen molar-refractivity contribution in [1.82, 2.24) is 9.78 Å². The lowest BCUT2D eigenvalue weighted by Crippen LogP contribution is -2.42. The number of aromatic nitrogens is 2. The number of hydrogen-bond acceptors (Lipinski definition) is 3. The van der Waals surface area contributed by atoms with Gasteiger partial charge in [0, 0.05) is 18.4 Å². The highest BCUT2D eigenvalue weighted by Gasteiger charge is 2.32. The smallest absolute Gasteiger partial charge is 0.0904 e. The minimum Gasteiger partial charge on any atom is -0.390 e. The highest BCUT2D eigenvalue weighted by atomic mass is 16.3. The Bertz CT molecular complexity index is 573. The number of aryl methyl sites for hydroxylation is 1. The molecule has 1 aromatic carbocycles. The molecule has 0 saturated carbocycles. The van der Waals surface area contributed by atoms with Gasteiger partial charge in [0.15, 0.2) is 0 Å². The summed E-state index contributed by atoms with van der Waals surface area (Å²) in [6, 6.07) is 8.03. The third-order valence-corrected chi connectivity index (χ3v) is 4.27. The van der Waals surface area contributed by atoms with E-state index >= 15 is 0 Å². The maximum Gasteiger partial charge on any atom is 0.0904 e. The van der Waals surface area contributed by atoms with Gasteiger partial charge in [0.1, 0.15) is 0 Å². The van der Waals surface area contributed by atoms with Gasteiger partial charge in [0.25, 0.3) is 0 Å². The van der Waals surface area contributed by atoms with Crippen LogP contribution in [0.4, 0.5) is 0 Å². The fraction of sp³-hybridized carbons (Fsp3) is 0.562. The molecule has 2 N–H and O–H groups in total. The van der Waals surface area contributed by atoms with E-state index in [1.165, 1.54) is 0 Å². The summed E-state index contributed by atoms with van der Waals surface area (Å²) in [6.45, 7) is 6.64. The average Bonchev–Trinajstić information content (AvgIpc) is 2.84. The summed E-state index contributed by atoms with van der Waals surface area (Å²) in [5.41, 5.74) is 0.904. The molecule has 0 aliphatic rings. The monoisotopic (exact) mass is 276 g/mol. The Balaban J connectivity index is 2.34. The lowest BCUT2D eigenvalue weighted by molar-refractivity contribution is -0.0792. The number of aliphatic hydroxyl groups excluding tert-OH is 1. The first kappa shape index (κ1) is 15.0. The fourth-order valence-corrected chi connectivity index (χ4v) is 2.68. The summed E-state index contributed by atoms with van der Waals surface area (Å²) in [4.78, 5) is 0. The van der Waals surface area contributed by atoms with E-state index in [9.17, 15) is 10.2 Å². The van der Waals surface area contributed by atoms with E-state index in [2.05, 4.69) is 5.10 Å². The van der Waals surface area contributed by atoms with Crippen LogP contribution in [0.25, 0.3) is 10.9 Å². The van der Waals surface area contributed by atoms with Crippen molar-refractivity contribution in [3.8, 4) is 0 Å². The van der Waals surface area contributed by atoms with Gasteiger partial charge in [0.05, 0.1) is 22.9 Å². The molecule has 1 aromatic heterocycles. The summed E-state index contributed by atoms with van der Waals surface area (Å²) in [7, 11) is 0. The molecule has 0 spiro atoms. The van der Waals surface area contributed by atoms with Crippen LogP contribution in [0.2, 0.25) is 0 Å². The fourth-order valence-electron chi connectivity index (χ4n) is 2.68. The van der Waals surface area contributed by atoms with Crippen molar-refractivity contribution in [2.24, 2.45) is 0 Å². The largest absolute Gasteiger partial charge is 0.390 e. The molecule has 0 radical (unpaired) electrons. The van der Waals surface area contributed by atoms with Gasteiger partial charge in [0.2, 0.25) is 0 Å². The zero-order valence-corrected chi connectivity index (χ0v) is 12.5. The molecule has 0 fully saturated rings. The first-order chi connectivity index (χ1) is 9.55. The van der Waals surface area contributed by atoms with Crippen LogP contribution in [0.1, 0.15) is 39.3 Å². The number of rotatable bonds is 6. The standard InChI is InChI=1S/C16H24N2O2/c1-4-16(20,5-2)15(19)11-13-12-9-7-8-10-14(12)18(6-3)17-13/h7-10,15,19-20H,4-6,11H2,1-3H3. The Hall–Kier alpha value is -1.39. The van der Waals surface area contributed by atoms with Crippen LogP contribution in [0.5, 0.6) is 0 Å². The van der Waals surface area contributed by atoms with Crippen molar-refractivity contribution in [3.63, 3.8) is 0 Å². The highest BCUT2D eigenvalue weighted by Crippen LogP contribution is 2.25. The zero-order valence-electron chi connectivity index (χ0n) is 12.5. The third-order valence-electron chi connectivity index (χ3n) is 4.27. The Labute approximate surface area is 120 Å². The van der Waals surface area contributed by atoms with Gasteiger partial charge in [-0.25, -0.2) is 0 Å². The molecule has 0 saturated heterocycles. The Morgan fingerprint density at radius 2 is 1.85 bits per heavy atom. The molecule has 2 aromatic rings. The molecular formula is C16H24N2O2. The topological polar surface area (TPSA) is 58.3 Å². The molecule has 0 amide bonds. The van der Waals surface area contributed by atoms with Crippen molar-refractivity contribution in [2.75, 3.05) is 0 Å². The maximum absolute atomic E-state index is 10.4. The molecule has 4 nitrogen and oxygen atoms in total. The van der Waals surface area contributed by atoms with Crippen molar-refractivity contribution in [3.05, 3.63) is 30.0 Å².